The molecule has 0 aliphatic carbocycles. The fraction of sp³-hybridized carbons (Fsp3) is 0.857. The normalized spacial score (nSPS) is 33.9. The first-order valence-corrected chi connectivity index (χ1v) is 7.66. The van der Waals surface area contributed by atoms with Gasteiger partial charge in [0.2, 0.25) is 0 Å². The number of nitrogens with zero attached hydrogens (tertiary/aromatic N) is 3. The molecule has 2 bridgehead atoms. The van der Waals surface area contributed by atoms with Gasteiger partial charge in [-0.3, -0.25) is 4.90 Å². The number of likely N-dealkylation sites (tertiary alicyclic amines) is 1. The summed E-state index contributed by atoms with van der Waals surface area (Å²) in [5.74, 6) is -0.989. The highest BCUT2D eigenvalue weighted by Crippen LogP contribution is 2.29. The molecule has 3 rings (SSSR count). The van der Waals surface area contributed by atoms with Gasteiger partial charge in [-0.1, -0.05) is 0 Å². The minimum atomic E-state index is -0.989. The average molecular weight is 297 g/mol. The molecule has 3 unspecified atom stereocenters. The third-order valence-corrected chi connectivity index (χ3v) is 5.08. The van der Waals surface area contributed by atoms with Crippen molar-refractivity contribution in [2.24, 2.45) is 0 Å². The maximum absolute atomic E-state index is 12.7. The molecular weight excluding hydrogens is 274 g/mol. The topological polar surface area (TPSA) is 73.3 Å². The fourth-order valence-electron chi connectivity index (χ4n) is 3.70. The molecule has 3 fully saturated rings. The lowest BCUT2D eigenvalue weighted by Crippen LogP contribution is -2.57. The van der Waals surface area contributed by atoms with Gasteiger partial charge in [0.05, 0.1) is 13.2 Å². The monoisotopic (exact) mass is 297 g/mol. The summed E-state index contributed by atoms with van der Waals surface area (Å²) in [6, 6.07) is -0.0328. The van der Waals surface area contributed by atoms with Crippen molar-refractivity contribution in [1.82, 2.24) is 14.7 Å². The number of fused-ring (bicyclic) bond motifs is 2. The molecule has 0 spiro atoms. The molecule has 0 aromatic rings. The molecule has 1 N–H and O–H groups in total. The van der Waals surface area contributed by atoms with Gasteiger partial charge in [-0.15, -0.1) is 0 Å². The molecule has 118 valence electrons. The van der Waals surface area contributed by atoms with Crippen molar-refractivity contribution < 1.29 is 19.4 Å². The molecule has 0 aromatic heterocycles. The van der Waals surface area contributed by atoms with Crippen LogP contribution in [0.15, 0.2) is 0 Å². The molecule has 3 saturated heterocycles. The van der Waals surface area contributed by atoms with Gasteiger partial charge in [-0.2, -0.15) is 0 Å². The molecule has 21 heavy (non-hydrogen) atoms. The number of ether oxygens (including phenoxy) is 1. The van der Waals surface area contributed by atoms with Crippen LogP contribution in [0.2, 0.25) is 0 Å². The number of carbonyl (C=O) groups excluding carboxylic acids is 1. The zero-order valence-electron chi connectivity index (χ0n) is 12.4. The summed E-state index contributed by atoms with van der Waals surface area (Å²) >= 11 is 0. The standard InChI is InChI=1S/C14H23N3O4/c1-15-10-2-3-11(15)8-16(5-4-10)14(20)17-6-7-21-9-12(17)13(18)19/h10-12H,2-9H2,1H3,(H,18,19). The van der Waals surface area contributed by atoms with Crippen LogP contribution < -0.4 is 0 Å². The van der Waals surface area contributed by atoms with Crippen molar-refractivity contribution in [3.8, 4) is 0 Å². The lowest BCUT2D eigenvalue weighted by atomic mass is 10.1. The maximum atomic E-state index is 12.7. The number of carbonyl (C=O) groups is 2. The number of urea groups is 1. The number of carboxylic acid groups (broad SMARTS) is 1. The van der Waals surface area contributed by atoms with E-state index in [2.05, 4.69) is 11.9 Å². The lowest BCUT2D eigenvalue weighted by Gasteiger charge is -2.37. The van der Waals surface area contributed by atoms with Gasteiger partial charge >= 0.3 is 12.0 Å². The van der Waals surface area contributed by atoms with E-state index in [1.54, 1.807) is 0 Å². The minimum Gasteiger partial charge on any atom is -0.480 e. The zero-order chi connectivity index (χ0) is 15.0. The number of carboxylic acids is 1. The second kappa shape index (κ2) is 5.81. The van der Waals surface area contributed by atoms with E-state index in [1.165, 1.54) is 11.3 Å². The zero-order valence-corrected chi connectivity index (χ0v) is 12.4. The van der Waals surface area contributed by atoms with Crippen molar-refractivity contribution in [2.45, 2.75) is 37.4 Å². The van der Waals surface area contributed by atoms with Crippen LogP contribution in [0.1, 0.15) is 19.3 Å². The smallest absolute Gasteiger partial charge is 0.328 e. The minimum absolute atomic E-state index is 0.0842. The molecular formula is C14H23N3O4. The van der Waals surface area contributed by atoms with Gasteiger partial charge in [-0.05, 0) is 26.3 Å². The first kappa shape index (κ1) is 14.6. The Balaban J connectivity index is 1.70. The third-order valence-electron chi connectivity index (χ3n) is 5.08. The number of hydrogen-bond donors (Lipinski definition) is 1. The van der Waals surface area contributed by atoms with E-state index in [-0.39, 0.29) is 12.6 Å². The van der Waals surface area contributed by atoms with Gasteiger partial charge in [0, 0.05) is 31.7 Å². The molecule has 7 nitrogen and oxygen atoms in total. The van der Waals surface area contributed by atoms with Gasteiger partial charge in [-0.25, -0.2) is 9.59 Å². The Kier molecular flexibility index (Phi) is 4.03. The Morgan fingerprint density at radius 3 is 2.67 bits per heavy atom. The number of amides is 2. The van der Waals surface area contributed by atoms with E-state index in [1.807, 2.05) is 4.90 Å². The second-order valence-electron chi connectivity index (χ2n) is 6.19. The van der Waals surface area contributed by atoms with Gasteiger partial charge in [0.15, 0.2) is 6.04 Å². The van der Waals surface area contributed by atoms with Gasteiger partial charge in [0.1, 0.15) is 0 Å². The Morgan fingerprint density at radius 1 is 1.14 bits per heavy atom. The maximum Gasteiger partial charge on any atom is 0.328 e. The fourth-order valence-corrected chi connectivity index (χ4v) is 3.70. The molecule has 3 aliphatic rings. The largest absolute Gasteiger partial charge is 0.480 e. The van der Waals surface area contributed by atoms with Gasteiger partial charge in [0.25, 0.3) is 0 Å². The van der Waals surface area contributed by atoms with Crippen molar-refractivity contribution in [1.29, 1.82) is 0 Å². The predicted octanol–water partition coefficient (Wildman–Crippen LogP) is 0.0603. The summed E-state index contributed by atoms with van der Waals surface area (Å²) in [6.07, 6.45) is 3.30. The molecule has 0 radical (unpaired) electrons. The number of hydrogen-bond acceptors (Lipinski definition) is 4. The SMILES string of the molecule is CN1C2CCC1CN(C(=O)N1CCOCC1C(=O)O)CC2. The summed E-state index contributed by atoms with van der Waals surface area (Å²) < 4.78 is 5.20. The molecule has 0 saturated carbocycles. The van der Waals surface area contributed by atoms with E-state index < -0.39 is 12.0 Å². The Hall–Kier alpha value is -1.34. The van der Waals surface area contributed by atoms with Crippen molar-refractivity contribution >= 4 is 12.0 Å². The highest BCUT2D eigenvalue weighted by molar-refractivity contribution is 5.83. The molecule has 7 heteroatoms. The summed E-state index contributed by atoms with van der Waals surface area (Å²) in [5, 5.41) is 9.26. The second-order valence-corrected chi connectivity index (χ2v) is 6.19. The first-order chi connectivity index (χ1) is 10.1. The molecule has 3 aliphatic heterocycles. The molecule has 2 amide bonds. The Morgan fingerprint density at radius 2 is 1.90 bits per heavy atom. The van der Waals surface area contributed by atoms with Crippen LogP contribution in [0, 0.1) is 0 Å². The van der Waals surface area contributed by atoms with E-state index >= 15 is 0 Å². The molecule has 0 aromatic carbocycles. The van der Waals surface area contributed by atoms with Crippen molar-refractivity contribution in [2.75, 3.05) is 39.9 Å². The van der Waals surface area contributed by atoms with Crippen LogP contribution in [-0.2, 0) is 9.53 Å². The predicted molar refractivity (Wildman–Crippen MR) is 75.1 cm³/mol. The third kappa shape index (κ3) is 2.72. The number of morpholine rings is 1. The molecule has 3 atom stereocenters. The van der Waals surface area contributed by atoms with Gasteiger partial charge < -0.3 is 19.6 Å². The number of rotatable bonds is 1. The van der Waals surface area contributed by atoms with E-state index in [4.69, 9.17) is 4.74 Å². The summed E-state index contributed by atoms with van der Waals surface area (Å²) in [4.78, 5) is 29.7. The summed E-state index contributed by atoms with van der Waals surface area (Å²) in [7, 11) is 2.13. The Bertz CT molecular complexity index is 430. The van der Waals surface area contributed by atoms with E-state index in [9.17, 15) is 14.7 Å². The number of likely N-dealkylation sites (N-methyl/N-ethyl adjacent to an activating group) is 1. The van der Waals surface area contributed by atoms with Crippen molar-refractivity contribution in [3.05, 3.63) is 0 Å². The van der Waals surface area contributed by atoms with Crippen LogP contribution in [0.4, 0.5) is 4.79 Å². The van der Waals surface area contributed by atoms with Crippen LogP contribution in [0.5, 0.6) is 0 Å². The summed E-state index contributed by atoms with van der Waals surface area (Å²) in [6.45, 7) is 2.27. The lowest BCUT2D eigenvalue weighted by molar-refractivity contribution is -0.147. The van der Waals surface area contributed by atoms with E-state index in [0.29, 0.717) is 38.3 Å². The van der Waals surface area contributed by atoms with Crippen LogP contribution in [-0.4, -0.2) is 89.8 Å². The quantitative estimate of drug-likeness (QED) is 0.741. The summed E-state index contributed by atoms with van der Waals surface area (Å²) in [5.41, 5.74) is 0. The first-order valence-electron chi connectivity index (χ1n) is 7.66. The van der Waals surface area contributed by atoms with Crippen LogP contribution in [0.25, 0.3) is 0 Å². The average Bonchev–Trinajstić information content (AvgIpc) is 2.71. The number of aliphatic carboxylic acids is 1. The van der Waals surface area contributed by atoms with Crippen molar-refractivity contribution in [3.63, 3.8) is 0 Å². The highest BCUT2D eigenvalue weighted by Gasteiger charge is 2.40. The van der Waals surface area contributed by atoms with Crippen LogP contribution in [0.3, 0.4) is 0 Å². The highest BCUT2D eigenvalue weighted by atomic mass is 16.5. The van der Waals surface area contributed by atoms with Crippen LogP contribution >= 0.6 is 0 Å². The van der Waals surface area contributed by atoms with E-state index in [0.717, 1.165) is 12.8 Å². The Labute approximate surface area is 124 Å². The molecule has 3 heterocycles.